The Kier molecular flexibility index (Phi) is 2.94. The molecule has 1 heterocycles. The zero-order chi connectivity index (χ0) is 7.40. The average Bonchev–Trinajstić information content (AvgIpc) is 2.31. The lowest BCUT2D eigenvalue weighted by atomic mass is 10.2. The van der Waals surface area contributed by atoms with Crippen molar-refractivity contribution in [2.75, 3.05) is 13.6 Å². The molecule has 0 saturated carbocycles. The first-order chi connectivity index (χ1) is 4.84. The first kappa shape index (κ1) is 7.80. The average molecular weight is 139 g/mol. The highest BCUT2D eigenvalue weighted by atomic mass is 15.1. The maximum Gasteiger partial charge on any atom is 0.0275 e. The molecule has 0 aromatic rings. The molecular formula is C9H17N. The van der Waals surface area contributed by atoms with Crippen molar-refractivity contribution in [3.05, 3.63) is 12.2 Å². The van der Waals surface area contributed by atoms with Crippen molar-refractivity contribution in [1.29, 1.82) is 0 Å². The molecule has 1 heteroatoms. The molecule has 1 rings (SSSR count). The van der Waals surface area contributed by atoms with Gasteiger partial charge in [0.05, 0.1) is 0 Å². The number of rotatable bonds is 2. The molecule has 1 fully saturated rings. The van der Waals surface area contributed by atoms with Gasteiger partial charge in [0.15, 0.2) is 0 Å². The second-order valence-corrected chi connectivity index (χ2v) is 3.03. The molecule has 1 atom stereocenters. The minimum Gasteiger partial charge on any atom is -0.300 e. The van der Waals surface area contributed by atoms with Crippen molar-refractivity contribution < 1.29 is 0 Å². The topological polar surface area (TPSA) is 3.24 Å². The van der Waals surface area contributed by atoms with Gasteiger partial charge in [0, 0.05) is 6.04 Å². The molecule has 1 aliphatic heterocycles. The lowest BCUT2D eigenvalue weighted by Gasteiger charge is -2.14. The number of hydrogen-bond acceptors (Lipinski definition) is 1. The molecule has 0 aromatic heterocycles. The molecule has 1 unspecified atom stereocenters. The summed E-state index contributed by atoms with van der Waals surface area (Å²) in [4.78, 5) is 2.42. The number of hydrogen-bond donors (Lipinski definition) is 0. The van der Waals surface area contributed by atoms with Gasteiger partial charge in [-0.2, -0.15) is 0 Å². The van der Waals surface area contributed by atoms with Crippen molar-refractivity contribution in [3.8, 4) is 0 Å². The summed E-state index contributed by atoms with van der Waals surface area (Å²) >= 11 is 0. The van der Waals surface area contributed by atoms with Crippen LogP contribution >= 0.6 is 0 Å². The van der Waals surface area contributed by atoms with Crippen molar-refractivity contribution >= 4 is 0 Å². The van der Waals surface area contributed by atoms with E-state index in [9.17, 15) is 0 Å². The molecule has 0 amide bonds. The maximum absolute atomic E-state index is 2.42. The minimum absolute atomic E-state index is 0.736. The van der Waals surface area contributed by atoms with E-state index in [1.165, 1.54) is 25.8 Å². The zero-order valence-corrected chi connectivity index (χ0v) is 7.01. The standard InChI is InChI=1S/C9H17N/c1-3-4-6-9-7-5-8-10(9)2/h4,6,9H,3,5,7-8H2,1-2H3/b6-4+. The van der Waals surface area contributed by atoms with Gasteiger partial charge in [-0.3, -0.25) is 4.90 Å². The van der Waals surface area contributed by atoms with E-state index < -0.39 is 0 Å². The first-order valence-corrected chi connectivity index (χ1v) is 4.21. The van der Waals surface area contributed by atoms with Crippen LogP contribution in [0.3, 0.4) is 0 Å². The van der Waals surface area contributed by atoms with E-state index in [4.69, 9.17) is 0 Å². The summed E-state index contributed by atoms with van der Waals surface area (Å²) in [6.07, 6.45) is 8.51. The first-order valence-electron chi connectivity index (χ1n) is 4.21. The van der Waals surface area contributed by atoms with Crippen LogP contribution in [0.2, 0.25) is 0 Å². The quantitative estimate of drug-likeness (QED) is 0.529. The summed E-state index contributed by atoms with van der Waals surface area (Å²) in [7, 11) is 2.21. The SMILES string of the molecule is CC/C=C/C1CCCN1C. The van der Waals surface area contributed by atoms with Crippen LogP contribution in [0.4, 0.5) is 0 Å². The van der Waals surface area contributed by atoms with E-state index in [-0.39, 0.29) is 0 Å². The molecular weight excluding hydrogens is 122 g/mol. The highest BCUT2D eigenvalue weighted by molar-refractivity contribution is 4.95. The highest BCUT2D eigenvalue weighted by Crippen LogP contribution is 2.15. The summed E-state index contributed by atoms with van der Waals surface area (Å²) in [5.74, 6) is 0. The van der Waals surface area contributed by atoms with Crippen LogP contribution in [-0.2, 0) is 0 Å². The van der Waals surface area contributed by atoms with Crippen LogP contribution in [-0.4, -0.2) is 24.5 Å². The third-order valence-electron chi connectivity index (χ3n) is 2.17. The molecule has 0 spiro atoms. The van der Waals surface area contributed by atoms with Gasteiger partial charge in [-0.05, 0) is 32.9 Å². The molecule has 10 heavy (non-hydrogen) atoms. The monoisotopic (exact) mass is 139 g/mol. The summed E-state index contributed by atoms with van der Waals surface area (Å²) in [6, 6.07) is 0.736. The fourth-order valence-electron chi connectivity index (χ4n) is 1.47. The van der Waals surface area contributed by atoms with E-state index in [0.717, 1.165) is 6.04 Å². The van der Waals surface area contributed by atoms with Gasteiger partial charge >= 0.3 is 0 Å². The number of allylic oxidation sites excluding steroid dienone is 1. The van der Waals surface area contributed by atoms with E-state index in [1.807, 2.05) is 0 Å². The molecule has 0 bridgehead atoms. The van der Waals surface area contributed by atoms with Crippen LogP contribution < -0.4 is 0 Å². The largest absolute Gasteiger partial charge is 0.300 e. The molecule has 1 aliphatic rings. The van der Waals surface area contributed by atoms with Gasteiger partial charge in [-0.1, -0.05) is 19.1 Å². The van der Waals surface area contributed by atoms with Crippen molar-refractivity contribution in [2.45, 2.75) is 32.2 Å². The van der Waals surface area contributed by atoms with E-state index in [2.05, 4.69) is 31.0 Å². The van der Waals surface area contributed by atoms with Crippen LogP contribution in [0.5, 0.6) is 0 Å². The van der Waals surface area contributed by atoms with Crippen molar-refractivity contribution in [1.82, 2.24) is 4.90 Å². The van der Waals surface area contributed by atoms with E-state index >= 15 is 0 Å². The Morgan fingerprint density at radius 2 is 2.40 bits per heavy atom. The van der Waals surface area contributed by atoms with Crippen molar-refractivity contribution in [3.63, 3.8) is 0 Å². The van der Waals surface area contributed by atoms with Crippen LogP contribution in [0.1, 0.15) is 26.2 Å². The number of nitrogens with zero attached hydrogens (tertiary/aromatic N) is 1. The van der Waals surface area contributed by atoms with Crippen LogP contribution in [0.15, 0.2) is 12.2 Å². The molecule has 1 nitrogen and oxygen atoms in total. The zero-order valence-electron chi connectivity index (χ0n) is 7.01. The van der Waals surface area contributed by atoms with Crippen LogP contribution in [0, 0.1) is 0 Å². The Bertz CT molecular complexity index is 118. The Morgan fingerprint density at radius 3 is 2.90 bits per heavy atom. The fraction of sp³-hybridized carbons (Fsp3) is 0.778. The highest BCUT2D eigenvalue weighted by Gasteiger charge is 2.16. The molecule has 0 aliphatic carbocycles. The third-order valence-corrected chi connectivity index (χ3v) is 2.17. The van der Waals surface area contributed by atoms with Gasteiger partial charge in [0.1, 0.15) is 0 Å². The van der Waals surface area contributed by atoms with Gasteiger partial charge in [0.25, 0.3) is 0 Å². The Hall–Kier alpha value is -0.300. The minimum atomic E-state index is 0.736. The van der Waals surface area contributed by atoms with E-state index in [0.29, 0.717) is 0 Å². The summed E-state index contributed by atoms with van der Waals surface area (Å²) in [5.41, 5.74) is 0. The Balaban J connectivity index is 2.33. The van der Waals surface area contributed by atoms with Gasteiger partial charge in [0.2, 0.25) is 0 Å². The van der Waals surface area contributed by atoms with Crippen LogP contribution in [0.25, 0.3) is 0 Å². The predicted molar refractivity (Wildman–Crippen MR) is 45.1 cm³/mol. The molecule has 58 valence electrons. The Morgan fingerprint density at radius 1 is 1.60 bits per heavy atom. The van der Waals surface area contributed by atoms with Crippen molar-refractivity contribution in [2.24, 2.45) is 0 Å². The normalized spacial score (nSPS) is 28.4. The third kappa shape index (κ3) is 1.84. The summed E-state index contributed by atoms with van der Waals surface area (Å²) in [6.45, 7) is 3.46. The van der Waals surface area contributed by atoms with E-state index in [1.54, 1.807) is 0 Å². The number of likely N-dealkylation sites (tertiary alicyclic amines) is 1. The summed E-state index contributed by atoms with van der Waals surface area (Å²) in [5, 5.41) is 0. The van der Waals surface area contributed by atoms with Gasteiger partial charge in [-0.25, -0.2) is 0 Å². The second kappa shape index (κ2) is 3.77. The second-order valence-electron chi connectivity index (χ2n) is 3.03. The predicted octanol–water partition coefficient (Wildman–Crippen LogP) is 2.05. The molecule has 1 saturated heterocycles. The Labute approximate surface area is 63.7 Å². The molecule has 0 N–H and O–H groups in total. The molecule has 0 radical (unpaired) electrons. The smallest absolute Gasteiger partial charge is 0.0275 e. The fourth-order valence-corrected chi connectivity index (χ4v) is 1.47. The van der Waals surface area contributed by atoms with Gasteiger partial charge < -0.3 is 0 Å². The number of likely N-dealkylation sites (N-methyl/N-ethyl adjacent to an activating group) is 1. The lowest BCUT2D eigenvalue weighted by molar-refractivity contribution is 0.357. The maximum atomic E-state index is 2.42. The lowest BCUT2D eigenvalue weighted by Crippen LogP contribution is -2.22. The summed E-state index contributed by atoms with van der Waals surface area (Å²) < 4.78 is 0. The molecule has 0 aromatic carbocycles. The van der Waals surface area contributed by atoms with Gasteiger partial charge in [-0.15, -0.1) is 0 Å².